The highest BCUT2D eigenvalue weighted by Crippen LogP contribution is 2.53. The maximum atomic E-state index is 13.0. The van der Waals surface area contributed by atoms with E-state index in [0.29, 0.717) is 57.5 Å². The summed E-state index contributed by atoms with van der Waals surface area (Å²) in [5, 5.41) is 8.43. The van der Waals surface area contributed by atoms with Gasteiger partial charge in [0, 0.05) is 60.5 Å². The molecule has 8 nitrogen and oxygen atoms in total. The number of nitrogens with zero attached hydrogens (tertiary/aromatic N) is 2. The van der Waals surface area contributed by atoms with Crippen molar-refractivity contribution in [3.63, 3.8) is 0 Å². The first-order chi connectivity index (χ1) is 25.3. The zero-order chi connectivity index (χ0) is 35.2. The molecule has 0 aromatic heterocycles. The van der Waals surface area contributed by atoms with Crippen molar-refractivity contribution in [3.8, 4) is 44.9 Å². The lowest BCUT2D eigenvalue weighted by molar-refractivity contribution is -0.122. The zero-order valence-corrected chi connectivity index (χ0v) is 30.4. The third-order valence-electron chi connectivity index (χ3n) is 12.3. The second kappa shape index (κ2) is 12.2. The van der Waals surface area contributed by atoms with Crippen molar-refractivity contribution >= 4 is 46.4 Å². The van der Waals surface area contributed by atoms with Gasteiger partial charge in [0.2, 0.25) is 0 Å². The number of anilines is 2. The first-order valence-corrected chi connectivity index (χ1v) is 19.2. The molecule has 4 heterocycles. The van der Waals surface area contributed by atoms with E-state index in [1.807, 2.05) is 82.6 Å². The van der Waals surface area contributed by atoms with Gasteiger partial charge in [-0.25, -0.2) is 0 Å². The first kappa shape index (κ1) is 32.6. The lowest BCUT2D eigenvalue weighted by Crippen LogP contribution is -2.45. The van der Waals surface area contributed by atoms with E-state index in [1.165, 1.54) is 25.7 Å². The fraction of sp³-hybridized carbons (Fsp3) is 0.381. The van der Waals surface area contributed by atoms with Gasteiger partial charge in [0.25, 0.3) is 11.8 Å². The average molecular weight is 736 g/mol. The third-order valence-corrected chi connectivity index (χ3v) is 13.1. The van der Waals surface area contributed by atoms with Crippen LogP contribution in [0.15, 0.2) is 72.8 Å². The molecule has 2 N–H and O–H groups in total. The van der Waals surface area contributed by atoms with Crippen molar-refractivity contribution in [2.24, 2.45) is 10.8 Å². The van der Waals surface area contributed by atoms with Crippen LogP contribution >= 0.6 is 23.2 Å². The summed E-state index contributed by atoms with van der Waals surface area (Å²) in [5.74, 6) is 1.33. The van der Waals surface area contributed by atoms with Crippen molar-refractivity contribution in [2.75, 3.05) is 49.2 Å². The molecule has 10 heteroatoms. The molecule has 52 heavy (non-hydrogen) atoms. The standard InChI is InChI=1S/C42H40Cl2N4O4/c43-39-29(25-7-9-33-35(15-25)51-21-37(49)47(33)19-27-17-41(11-12-41)23-45-27)3-1-5-31(39)32-6-2-4-30(40(32)44)26-8-10-34-36(16-26)52-22-38(50)48(34)20-28-18-42(13-14-42)24-46-28/h1-10,15-16,27-28,45-46H,11-14,17-24H2/t27-,28-/m0/s1. The van der Waals surface area contributed by atoms with Crippen LogP contribution in [0.4, 0.5) is 11.4 Å². The minimum atomic E-state index is -0.0163. The summed E-state index contributed by atoms with van der Waals surface area (Å²) in [6, 6.07) is 24.4. The molecular formula is C42H40Cl2N4O4. The molecule has 0 unspecified atom stereocenters. The predicted octanol–water partition coefficient (Wildman–Crippen LogP) is 7.73. The summed E-state index contributed by atoms with van der Waals surface area (Å²) in [6.07, 6.45) is 7.38. The Hall–Kier alpha value is -4.08. The zero-order valence-electron chi connectivity index (χ0n) is 28.9. The Morgan fingerprint density at radius 3 is 1.44 bits per heavy atom. The van der Waals surface area contributed by atoms with E-state index in [0.717, 1.165) is 70.7 Å². The van der Waals surface area contributed by atoms with Gasteiger partial charge >= 0.3 is 0 Å². The maximum Gasteiger partial charge on any atom is 0.265 e. The molecule has 4 fully saturated rings. The monoisotopic (exact) mass is 734 g/mol. The van der Waals surface area contributed by atoms with Gasteiger partial charge in [-0.15, -0.1) is 0 Å². The van der Waals surface area contributed by atoms with Gasteiger partial charge in [0.05, 0.1) is 21.4 Å². The Labute approximate surface area is 313 Å². The quantitative estimate of drug-likeness (QED) is 0.202. The molecular weight excluding hydrogens is 695 g/mol. The summed E-state index contributed by atoms with van der Waals surface area (Å²) < 4.78 is 11.9. The Balaban J connectivity index is 0.921. The van der Waals surface area contributed by atoms with Crippen molar-refractivity contribution in [1.82, 2.24) is 10.6 Å². The van der Waals surface area contributed by atoms with Gasteiger partial charge in [0.15, 0.2) is 13.2 Å². The van der Waals surface area contributed by atoms with E-state index >= 15 is 0 Å². The van der Waals surface area contributed by atoms with Crippen LogP contribution in [0, 0.1) is 10.8 Å². The lowest BCUT2D eigenvalue weighted by Gasteiger charge is -2.32. The molecule has 2 amide bonds. The smallest absolute Gasteiger partial charge is 0.265 e. The molecule has 0 radical (unpaired) electrons. The number of amides is 2. The summed E-state index contributed by atoms with van der Waals surface area (Å²) in [6.45, 7) is 3.42. The average Bonchev–Trinajstić information content (AvgIpc) is 4.01. The van der Waals surface area contributed by atoms with Crippen LogP contribution in [-0.4, -0.2) is 63.3 Å². The Morgan fingerprint density at radius 2 is 1.04 bits per heavy atom. The number of benzene rings is 4. The highest BCUT2D eigenvalue weighted by Gasteiger charge is 2.50. The summed E-state index contributed by atoms with van der Waals surface area (Å²) >= 11 is 14.4. The lowest BCUT2D eigenvalue weighted by atomic mass is 9.95. The van der Waals surface area contributed by atoms with Crippen LogP contribution in [-0.2, 0) is 9.59 Å². The number of ether oxygens (including phenoxy) is 2. The van der Waals surface area contributed by atoms with Gasteiger partial charge in [0.1, 0.15) is 11.5 Å². The number of fused-ring (bicyclic) bond motifs is 2. The minimum absolute atomic E-state index is 0.0163. The Bertz CT molecular complexity index is 2000. The molecule has 6 aliphatic rings. The Morgan fingerprint density at radius 1 is 0.615 bits per heavy atom. The van der Waals surface area contributed by atoms with Crippen LogP contribution < -0.4 is 29.9 Å². The molecule has 2 atom stereocenters. The number of nitrogens with one attached hydrogen (secondary N) is 2. The predicted molar refractivity (Wildman–Crippen MR) is 205 cm³/mol. The number of rotatable bonds is 7. The largest absolute Gasteiger partial charge is 0.482 e. The van der Waals surface area contributed by atoms with E-state index in [-0.39, 0.29) is 25.0 Å². The Kier molecular flexibility index (Phi) is 7.66. The van der Waals surface area contributed by atoms with Gasteiger partial charge in [-0.05, 0) is 84.7 Å². The highest BCUT2D eigenvalue weighted by molar-refractivity contribution is 6.39. The number of hydrogen-bond donors (Lipinski definition) is 2. The summed E-state index contributed by atoms with van der Waals surface area (Å²) in [4.78, 5) is 29.7. The molecule has 4 aliphatic heterocycles. The topological polar surface area (TPSA) is 83.1 Å². The van der Waals surface area contributed by atoms with E-state index in [2.05, 4.69) is 10.6 Å². The fourth-order valence-electron chi connectivity index (χ4n) is 8.94. The number of carbonyl (C=O) groups excluding carboxylic acids is 2. The summed E-state index contributed by atoms with van der Waals surface area (Å²) in [5.41, 5.74) is 7.62. The third kappa shape index (κ3) is 5.66. The SMILES string of the molecule is O=C1COc2cc(-c3cccc(-c4cccc(-c5ccc6c(c5)OCC(=O)N6C[C@@H]5CC6(CC6)CN5)c4Cl)c3Cl)ccc2N1C[C@@H]1CC2(CC2)CN1. The second-order valence-electron chi connectivity index (χ2n) is 15.8. The molecule has 2 aliphatic carbocycles. The van der Waals surface area contributed by atoms with Crippen LogP contribution in [0.1, 0.15) is 38.5 Å². The number of carbonyl (C=O) groups is 2. The van der Waals surface area contributed by atoms with Crippen molar-refractivity contribution in [1.29, 1.82) is 0 Å². The van der Waals surface area contributed by atoms with Crippen LogP contribution in [0.5, 0.6) is 11.5 Å². The van der Waals surface area contributed by atoms with E-state index < -0.39 is 0 Å². The minimum Gasteiger partial charge on any atom is -0.482 e. The molecule has 4 aromatic rings. The highest BCUT2D eigenvalue weighted by atomic mass is 35.5. The van der Waals surface area contributed by atoms with Crippen molar-refractivity contribution in [2.45, 2.75) is 50.6 Å². The van der Waals surface area contributed by atoms with Gasteiger partial charge < -0.3 is 29.9 Å². The van der Waals surface area contributed by atoms with E-state index in [1.54, 1.807) is 0 Å². The van der Waals surface area contributed by atoms with E-state index in [4.69, 9.17) is 32.7 Å². The molecule has 2 saturated heterocycles. The number of hydrogen-bond acceptors (Lipinski definition) is 6. The summed E-state index contributed by atoms with van der Waals surface area (Å²) in [7, 11) is 0. The van der Waals surface area contributed by atoms with Gasteiger partial charge in [-0.3, -0.25) is 9.59 Å². The first-order valence-electron chi connectivity index (χ1n) is 18.5. The molecule has 4 aromatic carbocycles. The second-order valence-corrected chi connectivity index (χ2v) is 16.6. The molecule has 0 bridgehead atoms. The number of halogens is 2. The van der Waals surface area contributed by atoms with Crippen LogP contribution in [0.25, 0.3) is 33.4 Å². The van der Waals surface area contributed by atoms with Crippen molar-refractivity contribution < 1.29 is 19.1 Å². The molecule has 10 rings (SSSR count). The normalized spacial score (nSPS) is 23.4. The van der Waals surface area contributed by atoms with E-state index in [9.17, 15) is 9.59 Å². The maximum absolute atomic E-state index is 13.0. The van der Waals surface area contributed by atoms with Crippen molar-refractivity contribution in [3.05, 3.63) is 82.8 Å². The molecule has 2 spiro atoms. The van der Waals surface area contributed by atoms with Crippen LogP contribution in [0.3, 0.4) is 0 Å². The molecule has 266 valence electrons. The van der Waals surface area contributed by atoms with Gasteiger partial charge in [-0.1, -0.05) is 71.7 Å². The van der Waals surface area contributed by atoms with Crippen LogP contribution in [0.2, 0.25) is 10.0 Å². The molecule has 2 saturated carbocycles. The van der Waals surface area contributed by atoms with Gasteiger partial charge in [-0.2, -0.15) is 0 Å². The fourth-order valence-corrected chi connectivity index (χ4v) is 9.61.